The van der Waals surface area contributed by atoms with Crippen molar-refractivity contribution in [2.75, 3.05) is 53.7 Å². The molecule has 0 unspecified atom stereocenters. The van der Waals surface area contributed by atoms with E-state index in [2.05, 4.69) is 15.2 Å². The molecule has 1 amide bonds. The van der Waals surface area contributed by atoms with Crippen molar-refractivity contribution in [3.8, 4) is 34.3 Å². The van der Waals surface area contributed by atoms with Gasteiger partial charge in [0.1, 0.15) is 36.6 Å². The van der Waals surface area contributed by atoms with Gasteiger partial charge < -0.3 is 52.3 Å². The quantitative estimate of drug-likeness (QED) is 0.0792. The summed E-state index contributed by atoms with van der Waals surface area (Å²) in [7, 11) is 2.24. The lowest BCUT2D eigenvalue weighted by molar-refractivity contribution is -0.139. The van der Waals surface area contributed by atoms with Crippen molar-refractivity contribution in [2.24, 2.45) is 0 Å². The third-order valence-electron chi connectivity index (χ3n) is 12.5. The Morgan fingerprint density at radius 1 is 0.700 bits per heavy atom. The second-order valence-corrected chi connectivity index (χ2v) is 19.9. The van der Waals surface area contributed by atoms with E-state index in [-0.39, 0.29) is 24.2 Å². The number of phenols is 1. The fourth-order valence-electron chi connectivity index (χ4n) is 6.94. The van der Waals surface area contributed by atoms with Gasteiger partial charge in [0.2, 0.25) is 11.8 Å². The summed E-state index contributed by atoms with van der Waals surface area (Å²) in [6.07, 6.45) is 3.45. The Labute approximate surface area is 426 Å². The summed E-state index contributed by atoms with van der Waals surface area (Å²) < 4.78 is 50.9. The van der Waals surface area contributed by atoms with Gasteiger partial charge in [-0.3, -0.25) is 4.79 Å². The van der Waals surface area contributed by atoms with E-state index in [0.717, 1.165) is 22.3 Å². The smallest absolute Gasteiger partial charge is 0.496 e. The molecule has 0 aliphatic carbocycles. The summed E-state index contributed by atoms with van der Waals surface area (Å²) in [4.78, 5) is 18.4. The number of hydrogen-bond donors (Lipinski definition) is 1. The molecule has 15 nitrogen and oxygen atoms in total. The Morgan fingerprint density at radius 3 is 1.74 bits per heavy atom. The number of hydrogen-bond acceptors (Lipinski definition) is 14. The monoisotopic (exact) mass is 1020 g/mol. The van der Waals surface area contributed by atoms with Crippen LogP contribution in [0, 0.1) is 0 Å². The van der Waals surface area contributed by atoms with Gasteiger partial charge in [-0.2, -0.15) is 10.2 Å². The number of pyridine rings is 1. The topological polar surface area (TPSA) is 162 Å². The molecule has 5 heterocycles. The van der Waals surface area contributed by atoms with Crippen LogP contribution < -0.4 is 25.1 Å². The third-order valence-corrected chi connectivity index (χ3v) is 13.5. The van der Waals surface area contributed by atoms with Gasteiger partial charge in [-0.05, 0) is 128 Å². The average Bonchev–Trinajstić information content (AvgIpc) is 3.66. The van der Waals surface area contributed by atoms with Gasteiger partial charge in [0.15, 0.2) is 0 Å². The van der Waals surface area contributed by atoms with Crippen molar-refractivity contribution < 1.29 is 52.2 Å². The van der Waals surface area contributed by atoms with Crippen molar-refractivity contribution in [3.63, 3.8) is 0 Å². The summed E-state index contributed by atoms with van der Waals surface area (Å²) in [5.41, 5.74) is 2.17. The number of halogens is 3. The maximum absolute atomic E-state index is 12.3. The Morgan fingerprint density at radius 2 is 1.23 bits per heavy atom. The second kappa shape index (κ2) is 23.7. The molecule has 20 heteroatoms. The molecule has 2 aromatic heterocycles. The van der Waals surface area contributed by atoms with Crippen molar-refractivity contribution in [1.82, 2.24) is 20.1 Å². The van der Waals surface area contributed by atoms with E-state index in [1.54, 1.807) is 74.0 Å². The number of carbonyl (C=O) groups excluding carboxylic acids is 1. The lowest BCUT2D eigenvalue weighted by Crippen LogP contribution is -2.56. The highest BCUT2D eigenvalue weighted by atomic mass is 35.5. The zero-order valence-corrected chi connectivity index (χ0v) is 43.6. The number of nitrogens with zero attached hydrogens (tertiary/aromatic N) is 4. The molecule has 0 atom stereocenters. The molecule has 0 bridgehead atoms. The molecule has 8 rings (SSSR count). The zero-order chi connectivity index (χ0) is 50.9. The Hall–Kier alpha value is -4.68. The zero-order valence-electron chi connectivity index (χ0n) is 41.3. The molecule has 3 saturated heterocycles. The number of likely N-dealkylation sites (tertiary alicyclic amines) is 1. The number of carbonyl (C=O) groups is 1. The van der Waals surface area contributed by atoms with Gasteiger partial charge in [-0.25, -0.2) is 4.98 Å². The molecular formula is C50H61B2Cl3N4O11. The van der Waals surface area contributed by atoms with E-state index < -0.39 is 36.6 Å². The highest BCUT2D eigenvalue weighted by Gasteiger charge is 2.53. The molecule has 1 N–H and O–H groups in total. The molecule has 5 aromatic rings. The van der Waals surface area contributed by atoms with Gasteiger partial charge in [0.05, 0.1) is 60.8 Å². The number of benzene rings is 3. The van der Waals surface area contributed by atoms with Gasteiger partial charge in [0.25, 0.3) is 0 Å². The predicted octanol–water partition coefficient (Wildman–Crippen LogP) is 8.06. The fourth-order valence-corrected chi connectivity index (χ4v) is 7.58. The van der Waals surface area contributed by atoms with E-state index in [1.807, 2.05) is 85.7 Å². The van der Waals surface area contributed by atoms with Crippen LogP contribution in [0.15, 0.2) is 91.3 Å². The Balaban J connectivity index is 0.000000183. The summed E-state index contributed by atoms with van der Waals surface area (Å²) in [6, 6.07) is 23.0. The average molecular weight is 1020 g/mol. The molecule has 3 fully saturated rings. The first-order valence-corrected chi connectivity index (χ1v) is 23.9. The minimum absolute atomic E-state index is 0.0101. The fraction of sp³-hybridized carbons (Fsp3) is 0.440. The van der Waals surface area contributed by atoms with E-state index in [1.165, 1.54) is 6.07 Å². The number of aromatic hydroxyl groups is 1. The largest absolute Gasteiger partial charge is 0.508 e. The van der Waals surface area contributed by atoms with E-state index in [9.17, 15) is 9.90 Å². The molecular weight excluding hydrogens is 961 g/mol. The SMILES string of the molecule is CC1(C)OB(c2cc(O)ccc2Cl)OC1(C)C.COCCOc1ccc(Cl)c(-c2ccc(OC3CN(C(=O)Cc4cccnn4)C3)nc2)c1.COCCOc1ccc(Cl)c(B2OC(C)(C)C(C)(C)O2)c1. The number of aromatic nitrogens is 3. The summed E-state index contributed by atoms with van der Waals surface area (Å²) in [5, 5.41) is 19.0. The maximum Gasteiger partial charge on any atom is 0.496 e. The standard InChI is InChI=1S/C23H23ClN4O4.C15H22BClO4.C12H16BClO3/c1-30-9-10-31-18-5-6-21(24)20(12-18)16-4-7-22(25-13-16)32-19-14-28(15-19)23(29)11-17-3-2-8-26-27-17;1-14(2)15(3,4)21-16(20-14)12-10-11(6-7-13(12)17)19-9-8-18-5;1-11(2)12(3,4)17-13(16-11)9-7-8(15)5-6-10(9)14/h2-8,12-13,19H,9-11,14-15H2,1H3;6-7,10H,8-9H2,1-5H3;5-7,15H,1-4H3. The Kier molecular flexibility index (Phi) is 18.5. The van der Waals surface area contributed by atoms with E-state index in [0.29, 0.717) is 77.4 Å². The number of ether oxygens (including phenoxy) is 5. The van der Waals surface area contributed by atoms with Crippen molar-refractivity contribution in [1.29, 1.82) is 0 Å². The highest BCUT2D eigenvalue weighted by Crippen LogP contribution is 2.39. The van der Waals surface area contributed by atoms with Crippen LogP contribution in [0.3, 0.4) is 0 Å². The van der Waals surface area contributed by atoms with Crippen LogP contribution in [-0.4, -0.2) is 128 Å². The number of amides is 1. The molecule has 70 heavy (non-hydrogen) atoms. The first-order chi connectivity index (χ1) is 33.1. The molecule has 3 aliphatic rings. The van der Waals surface area contributed by atoms with Crippen molar-refractivity contribution in [3.05, 3.63) is 112 Å². The Bertz CT molecular complexity index is 2490. The molecule has 0 spiro atoms. The van der Waals surface area contributed by atoms with Crippen LogP contribution in [0.1, 0.15) is 61.1 Å². The van der Waals surface area contributed by atoms with Crippen LogP contribution in [0.2, 0.25) is 15.1 Å². The van der Waals surface area contributed by atoms with Gasteiger partial charge >= 0.3 is 14.2 Å². The second-order valence-electron chi connectivity index (χ2n) is 18.7. The van der Waals surface area contributed by atoms with Crippen LogP contribution >= 0.6 is 34.8 Å². The lowest BCUT2D eigenvalue weighted by Gasteiger charge is -2.38. The minimum atomic E-state index is -0.542. The predicted molar refractivity (Wildman–Crippen MR) is 272 cm³/mol. The van der Waals surface area contributed by atoms with Crippen LogP contribution in [0.25, 0.3) is 11.1 Å². The minimum Gasteiger partial charge on any atom is -0.508 e. The van der Waals surface area contributed by atoms with Crippen LogP contribution in [-0.2, 0) is 39.3 Å². The molecule has 3 aromatic carbocycles. The number of phenolic OH excluding ortho intramolecular Hbond substituents is 1. The lowest BCUT2D eigenvalue weighted by atomic mass is 9.79. The normalized spacial score (nSPS) is 17.4. The van der Waals surface area contributed by atoms with Gasteiger partial charge in [0, 0.05) is 69.8 Å². The van der Waals surface area contributed by atoms with Gasteiger partial charge in [-0.15, -0.1) is 0 Å². The first-order valence-electron chi connectivity index (χ1n) is 22.8. The van der Waals surface area contributed by atoms with Crippen molar-refractivity contribution in [2.45, 2.75) is 90.3 Å². The maximum atomic E-state index is 12.3. The highest BCUT2D eigenvalue weighted by molar-refractivity contribution is 6.66. The third kappa shape index (κ3) is 14.0. The molecule has 0 radical (unpaired) electrons. The van der Waals surface area contributed by atoms with E-state index in [4.69, 9.17) is 77.1 Å². The molecule has 374 valence electrons. The number of methoxy groups -OCH3 is 2. The van der Waals surface area contributed by atoms with E-state index >= 15 is 0 Å². The van der Waals surface area contributed by atoms with Crippen molar-refractivity contribution >= 4 is 65.9 Å². The van der Waals surface area contributed by atoms with Crippen LogP contribution in [0.4, 0.5) is 0 Å². The van der Waals surface area contributed by atoms with Gasteiger partial charge in [-0.1, -0.05) is 34.8 Å². The summed E-state index contributed by atoms with van der Waals surface area (Å²) in [6.45, 7) is 19.0. The first kappa shape index (κ1) is 54.6. The summed E-state index contributed by atoms with van der Waals surface area (Å²) >= 11 is 18.7. The molecule has 3 aliphatic heterocycles. The number of rotatable bonds is 15. The van der Waals surface area contributed by atoms with Crippen LogP contribution in [0.5, 0.6) is 23.1 Å². The molecule has 0 saturated carbocycles. The summed E-state index contributed by atoms with van der Waals surface area (Å²) in [5.74, 6) is 2.10.